The van der Waals surface area contributed by atoms with Gasteiger partial charge in [0.1, 0.15) is 11.2 Å². The predicted octanol–water partition coefficient (Wildman–Crippen LogP) is 9.90. The number of hydrogen-bond acceptors (Lipinski definition) is 1. The van der Waals surface area contributed by atoms with Gasteiger partial charge in [-0.15, -0.1) is 0 Å². The average molecular weight is 497 g/mol. The van der Waals surface area contributed by atoms with Gasteiger partial charge in [-0.2, -0.15) is 0 Å². The molecule has 0 unspecified atom stereocenters. The molecule has 0 bridgehead atoms. The molecule has 2 aliphatic rings. The third kappa shape index (κ3) is 2.55. The maximum atomic E-state index is 6.46. The van der Waals surface area contributed by atoms with Crippen LogP contribution in [0.1, 0.15) is 27.8 Å². The highest BCUT2D eigenvalue weighted by molar-refractivity contribution is 6.09. The Hall–Kier alpha value is -4.88. The van der Waals surface area contributed by atoms with Crippen LogP contribution in [0.2, 0.25) is 0 Å². The van der Waals surface area contributed by atoms with Gasteiger partial charge in [0.25, 0.3) is 0 Å². The van der Waals surface area contributed by atoms with E-state index in [4.69, 9.17) is 4.42 Å². The zero-order valence-corrected chi connectivity index (χ0v) is 21.5. The number of para-hydroxylation sites is 2. The second-order valence-corrected chi connectivity index (χ2v) is 10.9. The summed E-state index contributed by atoms with van der Waals surface area (Å²) in [7, 11) is 0. The molecule has 1 aromatic heterocycles. The molecule has 7 aromatic rings. The fraction of sp³-hybridized carbons (Fsp3) is 0.0526. The second-order valence-electron chi connectivity index (χ2n) is 10.9. The van der Waals surface area contributed by atoms with Crippen LogP contribution in [0.25, 0.3) is 55.3 Å². The van der Waals surface area contributed by atoms with E-state index in [1.807, 2.05) is 6.07 Å². The highest BCUT2D eigenvalue weighted by atomic mass is 16.3. The Morgan fingerprint density at radius 2 is 1.05 bits per heavy atom. The van der Waals surface area contributed by atoms with Gasteiger partial charge >= 0.3 is 0 Å². The molecule has 182 valence electrons. The Bertz CT molecular complexity index is 2100. The summed E-state index contributed by atoms with van der Waals surface area (Å²) in [6.45, 7) is 2.21. The smallest absolute Gasteiger partial charge is 0.143 e. The van der Waals surface area contributed by atoms with E-state index in [0.29, 0.717) is 0 Å². The molecule has 0 atom stereocenters. The van der Waals surface area contributed by atoms with E-state index in [1.54, 1.807) is 0 Å². The van der Waals surface area contributed by atoms with Crippen LogP contribution in [0.5, 0.6) is 0 Å². The van der Waals surface area contributed by atoms with Gasteiger partial charge in [0.05, 0.1) is 5.41 Å². The first-order chi connectivity index (χ1) is 19.2. The molecule has 0 radical (unpaired) electrons. The fourth-order valence-electron chi connectivity index (χ4n) is 7.40. The first-order valence-electron chi connectivity index (χ1n) is 13.6. The summed E-state index contributed by atoms with van der Waals surface area (Å²) >= 11 is 0. The van der Waals surface area contributed by atoms with Crippen molar-refractivity contribution in [2.24, 2.45) is 0 Å². The summed E-state index contributed by atoms with van der Waals surface area (Å²) < 4.78 is 6.46. The molecule has 1 nitrogen and oxygen atoms in total. The molecule has 0 saturated heterocycles. The van der Waals surface area contributed by atoms with Gasteiger partial charge < -0.3 is 4.42 Å². The molecule has 6 aromatic carbocycles. The molecule has 0 fully saturated rings. The van der Waals surface area contributed by atoms with Crippen LogP contribution in [-0.2, 0) is 5.41 Å². The number of furan rings is 1. The van der Waals surface area contributed by atoms with E-state index in [9.17, 15) is 0 Å². The molecule has 9 rings (SSSR count). The van der Waals surface area contributed by atoms with Crippen LogP contribution in [0, 0.1) is 6.92 Å². The molecule has 1 heteroatoms. The molecule has 0 saturated carbocycles. The van der Waals surface area contributed by atoms with Crippen molar-refractivity contribution in [3.63, 3.8) is 0 Å². The van der Waals surface area contributed by atoms with Crippen molar-refractivity contribution < 1.29 is 4.42 Å². The molecular weight excluding hydrogens is 472 g/mol. The average Bonchev–Trinajstić information content (AvgIpc) is 3.60. The van der Waals surface area contributed by atoms with Crippen LogP contribution < -0.4 is 0 Å². The molecule has 0 N–H and O–H groups in total. The normalized spacial score (nSPS) is 14.0. The predicted molar refractivity (Wildman–Crippen MR) is 160 cm³/mol. The number of hydrogen-bond donors (Lipinski definition) is 0. The Labute approximate surface area is 227 Å². The Balaban J connectivity index is 1.40. The largest absolute Gasteiger partial charge is 0.455 e. The van der Waals surface area contributed by atoms with E-state index in [-0.39, 0.29) is 5.41 Å². The molecule has 39 heavy (non-hydrogen) atoms. The lowest BCUT2D eigenvalue weighted by Gasteiger charge is -2.31. The Kier molecular flexibility index (Phi) is 3.98. The summed E-state index contributed by atoms with van der Waals surface area (Å²) in [6.07, 6.45) is 0. The number of rotatable bonds is 1. The van der Waals surface area contributed by atoms with Gasteiger partial charge in [-0.3, -0.25) is 0 Å². The lowest BCUT2D eigenvalue weighted by Crippen LogP contribution is -2.26. The maximum Gasteiger partial charge on any atom is 0.143 e. The fourth-order valence-corrected chi connectivity index (χ4v) is 7.40. The van der Waals surface area contributed by atoms with E-state index in [0.717, 1.165) is 27.5 Å². The maximum absolute atomic E-state index is 6.46. The molecule has 2 aliphatic carbocycles. The van der Waals surface area contributed by atoms with E-state index < -0.39 is 0 Å². The number of aryl methyl sites for hydroxylation is 1. The van der Waals surface area contributed by atoms with Crippen molar-refractivity contribution in [1.82, 2.24) is 0 Å². The van der Waals surface area contributed by atoms with Crippen molar-refractivity contribution in [3.8, 4) is 33.4 Å². The quantitative estimate of drug-likeness (QED) is 0.220. The molecule has 0 amide bonds. The number of fused-ring (bicyclic) bond motifs is 13. The van der Waals surface area contributed by atoms with Crippen LogP contribution in [-0.4, -0.2) is 0 Å². The Morgan fingerprint density at radius 3 is 1.85 bits per heavy atom. The van der Waals surface area contributed by atoms with Gasteiger partial charge in [-0.25, -0.2) is 0 Å². The standard InChI is InChI=1S/C38H24O/c1-23-17-19-28-29-20-18-24(25-12-8-13-31-30-11-4-7-16-36(30)39-37(25)31)22-35(29)38(34(28)21-23)32-14-5-2-9-26(32)27-10-3-6-15-33(27)38/h2-22H,1H3. The summed E-state index contributed by atoms with van der Waals surface area (Å²) in [5, 5.41) is 2.32. The minimum atomic E-state index is -0.346. The third-order valence-corrected chi connectivity index (χ3v) is 8.96. The summed E-state index contributed by atoms with van der Waals surface area (Å²) in [5.41, 5.74) is 15.9. The van der Waals surface area contributed by atoms with E-state index in [1.165, 1.54) is 55.6 Å². The highest BCUT2D eigenvalue weighted by Crippen LogP contribution is 2.63. The summed E-state index contributed by atoms with van der Waals surface area (Å²) in [6, 6.07) is 46.8. The van der Waals surface area contributed by atoms with Gasteiger partial charge in [-0.05, 0) is 69.1 Å². The van der Waals surface area contributed by atoms with Crippen molar-refractivity contribution in [2.75, 3.05) is 0 Å². The lowest BCUT2D eigenvalue weighted by atomic mass is 9.70. The van der Waals surface area contributed by atoms with Crippen LogP contribution in [0.3, 0.4) is 0 Å². The second kappa shape index (κ2) is 7.36. The highest BCUT2D eigenvalue weighted by Gasteiger charge is 2.51. The number of benzene rings is 6. The zero-order valence-electron chi connectivity index (χ0n) is 21.5. The lowest BCUT2D eigenvalue weighted by molar-refractivity contribution is 0.670. The van der Waals surface area contributed by atoms with Crippen molar-refractivity contribution in [1.29, 1.82) is 0 Å². The van der Waals surface area contributed by atoms with Gasteiger partial charge in [0.15, 0.2) is 0 Å². The minimum absolute atomic E-state index is 0.346. The van der Waals surface area contributed by atoms with Crippen molar-refractivity contribution in [3.05, 3.63) is 155 Å². The van der Waals surface area contributed by atoms with Gasteiger partial charge in [0, 0.05) is 16.3 Å². The first-order valence-corrected chi connectivity index (χ1v) is 13.6. The van der Waals surface area contributed by atoms with Crippen molar-refractivity contribution in [2.45, 2.75) is 12.3 Å². The monoisotopic (exact) mass is 496 g/mol. The van der Waals surface area contributed by atoms with Gasteiger partial charge in [-0.1, -0.05) is 121 Å². The van der Waals surface area contributed by atoms with Crippen LogP contribution >= 0.6 is 0 Å². The van der Waals surface area contributed by atoms with Crippen molar-refractivity contribution >= 4 is 21.9 Å². The van der Waals surface area contributed by atoms with Crippen LogP contribution in [0.4, 0.5) is 0 Å². The topological polar surface area (TPSA) is 13.1 Å². The SMILES string of the molecule is Cc1ccc2c(c1)C1(c3ccccc3-c3ccccc31)c1cc(-c3cccc4c3oc3ccccc34)ccc1-2. The van der Waals surface area contributed by atoms with E-state index in [2.05, 4.69) is 128 Å². The molecule has 1 heterocycles. The third-order valence-electron chi connectivity index (χ3n) is 8.96. The molecular formula is C38H24O. The minimum Gasteiger partial charge on any atom is -0.455 e. The Morgan fingerprint density at radius 1 is 0.462 bits per heavy atom. The zero-order chi connectivity index (χ0) is 25.7. The summed E-state index contributed by atoms with van der Waals surface area (Å²) in [4.78, 5) is 0. The summed E-state index contributed by atoms with van der Waals surface area (Å²) in [5.74, 6) is 0. The molecule has 0 aliphatic heterocycles. The van der Waals surface area contributed by atoms with Gasteiger partial charge in [0.2, 0.25) is 0 Å². The molecule has 1 spiro atoms. The van der Waals surface area contributed by atoms with E-state index >= 15 is 0 Å². The van der Waals surface area contributed by atoms with Crippen LogP contribution in [0.15, 0.2) is 132 Å². The first kappa shape index (κ1) is 21.1.